The van der Waals surface area contributed by atoms with E-state index in [0.29, 0.717) is 25.2 Å². The molecule has 0 bridgehead atoms. The van der Waals surface area contributed by atoms with Crippen LogP contribution in [0.5, 0.6) is 0 Å². The summed E-state index contributed by atoms with van der Waals surface area (Å²) in [6.07, 6.45) is 2.16. The fourth-order valence-electron chi connectivity index (χ4n) is 2.34. The van der Waals surface area contributed by atoms with Gasteiger partial charge in [0, 0.05) is 43.2 Å². The fourth-order valence-corrected chi connectivity index (χ4v) is 2.75. The van der Waals surface area contributed by atoms with Gasteiger partial charge in [0.2, 0.25) is 0 Å². The molecular weight excluding hydrogens is 288 g/mol. The number of carboxylic acid groups (broad SMARTS) is 1. The summed E-state index contributed by atoms with van der Waals surface area (Å²) in [5, 5.41) is 8.68. The van der Waals surface area contributed by atoms with Crippen molar-refractivity contribution in [2.45, 2.75) is 11.3 Å². The average molecular weight is 308 g/mol. The minimum atomic E-state index is -0.776. The average Bonchev–Trinajstić information content (AvgIpc) is 2.53. The van der Waals surface area contributed by atoms with Gasteiger partial charge in [-0.3, -0.25) is 14.5 Å². The summed E-state index contributed by atoms with van der Waals surface area (Å²) < 4.78 is 0. The van der Waals surface area contributed by atoms with E-state index in [4.69, 9.17) is 5.11 Å². The van der Waals surface area contributed by atoms with Crippen LogP contribution in [0.4, 0.5) is 0 Å². The molecule has 0 aromatic heterocycles. The van der Waals surface area contributed by atoms with Gasteiger partial charge < -0.3 is 10.0 Å². The van der Waals surface area contributed by atoms with Crippen LogP contribution in [0.3, 0.4) is 0 Å². The highest BCUT2D eigenvalue weighted by Crippen LogP contribution is 2.16. The molecule has 1 heterocycles. The molecule has 0 radical (unpaired) electrons. The predicted molar refractivity (Wildman–Crippen MR) is 82.8 cm³/mol. The Balaban J connectivity index is 1.86. The third-order valence-electron chi connectivity index (χ3n) is 3.64. The van der Waals surface area contributed by atoms with Crippen molar-refractivity contribution in [1.29, 1.82) is 0 Å². The van der Waals surface area contributed by atoms with Crippen LogP contribution in [0.15, 0.2) is 29.2 Å². The smallest absolute Gasteiger partial charge is 0.304 e. The first-order valence-corrected chi connectivity index (χ1v) is 8.20. The van der Waals surface area contributed by atoms with Crippen molar-refractivity contribution >= 4 is 23.6 Å². The Morgan fingerprint density at radius 2 is 1.76 bits per heavy atom. The summed E-state index contributed by atoms with van der Waals surface area (Å²) in [5.74, 6) is -0.720. The number of carbonyl (C=O) groups is 2. The van der Waals surface area contributed by atoms with Crippen molar-refractivity contribution in [3.05, 3.63) is 29.8 Å². The normalized spacial score (nSPS) is 16.0. The Labute approximate surface area is 128 Å². The zero-order chi connectivity index (χ0) is 15.2. The van der Waals surface area contributed by atoms with Crippen molar-refractivity contribution in [2.75, 3.05) is 39.0 Å². The second-order valence-corrected chi connectivity index (χ2v) is 5.89. The van der Waals surface area contributed by atoms with E-state index in [9.17, 15) is 9.59 Å². The number of carboxylic acids is 1. The molecule has 5 nitrogen and oxygen atoms in total. The number of thioether (sulfide) groups is 1. The number of hydrogen-bond donors (Lipinski definition) is 1. The van der Waals surface area contributed by atoms with Gasteiger partial charge >= 0.3 is 5.97 Å². The lowest BCUT2D eigenvalue weighted by atomic mass is 10.2. The quantitative estimate of drug-likeness (QED) is 0.838. The van der Waals surface area contributed by atoms with Gasteiger partial charge in [-0.1, -0.05) is 0 Å². The molecule has 1 aromatic rings. The Morgan fingerprint density at radius 1 is 1.14 bits per heavy atom. The molecule has 0 aliphatic carbocycles. The molecule has 1 aliphatic rings. The maximum Gasteiger partial charge on any atom is 0.304 e. The molecule has 21 heavy (non-hydrogen) atoms. The van der Waals surface area contributed by atoms with Crippen LogP contribution in [-0.2, 0) is 4.79 Å². The van der Waals surface area contributed by atoms with Crippen molar-refractivity contribution in [3.63, 3.8) is 0 Å². The van der Waals surface area contributed by atoms with E-state index in [2.05, 4.69) is 4.90 Å². The van der Waals surface area contributed by atoms with Gasteiger partial charge in [0.1, 0.15) is 0 Å². The zero-order valence-corrected chi connectivity index (χ0v) is 12.9. The second kappa shape index (κ2) is 7.47. The summed E-state index contributed by atoms with van der Waals surface area (Å²) in [5.41, 5.74) is 0.715. The summed E-state index contributed by atoms with van der Waals surface area (Å²) >= 11 is 1.65. The van der Waals surface area contributed by atoms with Crippen molar-refractivity contribution in [2.24, 2.45) is 0 Å². The maximum absolute atomic E-state index is 12.4. The van der Waals surface area contributed by atoms with E-state index in [1.807, 2.05) is 35.4 Å². The highest BCUT2D eigenvalue weighted by molar-refractivity contribution is 7.98. The lowest BCUT2D eigenvalue weighted by Gasteiger charge is -2.34. The highest BCUT2D eigenvalue weighted by atomic mass is 32.2. The van der Waals surface area contributed by atoms with Gasteiger partial charge in [-0.15, -0.1) is 11.8 Å². The molecule has 0 spiro atoms. The molecule has 1 saturated heterocycles. The van der Waals surface area contributed by atoms with Crippen LogP contribution < -0.4 is 0 Å². The molecular formula is C15H20N2O3S. The van der Waals surface area contributed by atoms with Crippen LogP contribution in [0.1, 0.15) is 16.8 Å². The van der Waals surface area contributed by atoms with Crippen LogP contribution >= 0.6 is 11.8 Å². The Hall–Kier alpha value is -1.53. The van der Waals surface area contributed by atoms with E-state index in [1.165, 1.54) is 0 Å². The number of hydrogen-bond acceptors (Lipinski definition) is 4. The topological polar surface area (TPSA) is 60.9 Å². The highest BCUT2D eigenvalue weighted by Gasteiger charge is 2.22. The minimum Gasteiger partial charge on any atom is -0.481 e. The van der Waals surface area contributed by atoms with Crippen LogP contribution in [0, 0.1) is 0 Å². The molecule has 6 heteroatoms. The summed E-state index contributed by atoms with van der Waals surface area (Å²) in [6.45, 7) is 3.34. The molecule has 1 aliphatic heterocycles. The standard InChI is InChI=1S/C15H20N2O3S/c1-21-13-4-2-12(3-5-13)15(20)17-10-8-16(9-11-17)7-6-14(18)19/h2-5H,6-11H2,1H3,(H,18,19). The Bertz CT molecular complexity index is 496. The van der Waals surface area contributed by atoms with Crippen molar-refractivity contribution in [3.8, 4) is 0 Å². The van der Waals surface area contributed by atoms with Crippen molar-refractivity contribution < 1.29 is 14.7 Å². The summed E-state index contributed by atoms with van der Waals surface area (Å²) in [4.78, 5) is 28.0. The molecule has 1 amide bonds. The first-order chi connectivity index (χ1) is 10.1. The molecule has 1 N–H and O–H groups in total. The second-order valence-electron chi connectivity index (χ2n) is 5.01. The third kappa shape index (κ3) is 4.47. The van der Waals surface area contributed by atoms with Gasteiger partial charge in [0.15, 0.2) is 0 Å². The number of aliphatic carboxylic acids is 1. The SMILES string of the molecule is CSc1ccc(C(=O)N2CCN(CCC(=O)O)CC2)cc1. The molecule has 114 valence electrons. The molecule has 0 unspecified atom stereocenters. The minimum absolute atomic E-state index is 0.0561. The zero-order valence-electron chi connectivity index (χ0n) is 12.1. The Kier molecular flexibility index (Phi) is 5.64. The number of nitrogens with zero attached hydrogens (tertiary/aromatic N) is 2. The van der Waals surface area contributed by atoms with Gasteiger partial charge in [-0.05, 0) is 30.5 Å². The fraction of sp³-hybridized carbons (Fsp3) is 0.467. The third-order valence-corrected chi connectivity index (χ3v) is 4.38. The summed E-state index contributed by atoms with van der Waals surface area (Å²) in [7, 11) is 0. The number of carbonyl (C=O) groups excluding carboxylic acids is 1. The van der Waals surface area contributed by atoms with E-state index in [-0.39, 0.29) is 12.3 Å². The number of amides is 1. The number of benzene rings is 1. The van der Waals surface area contributed by atoms with Crippen LogP contribution in [0.25, 0.3) is 0 Å². The first kappa shape index (κ1) is 15.9. The van der Waals surface area contributed by atoms with Crippen molar-refractivity contribution in [1.82, 2.24) is 9.80 Å². The van der Waals surface area contributed by atoms with Crippen LogP contribution in [-0.4, -0.2) is 65.8 Å². The monoisotopic (exact) mass is 308 g/mol. The summed E-state index contributed by atoms with van der Waals surface area (Å²) in [6, 6.07) is 7.65. The molecule has 2 rings (SSSR count). The molecule has 1 fully saturated rings. The van der Waals surface area contributed by atoms with E-state index in [0.717, 1.165) is 18.0 Å². The molecule has 1 aromatic carbocycles. The number of rotatable bonds is 5. The molecule has 0 saturated carbocycles. The maximum atomic E-state index is 12.4. The van der Waals surface area contributed by atoms with Gasteiger partial charge in [-0.2, -0.15) is 0 Å². The van der Waals surface area contributed by atoms with Gasteiger partial charge in [-0.25, -0.2) is 0 Å². The van der Waals surface area contributed by atoms with Crippen LogP contribution in [0.2, 0.25) is 0 Å². The van der Waals surface area contributed by atoms with E-state index in [1.54, 1.807) is 11.8 Å². The first-order valence-electron chi connectivity index (χ1n) is 6.97. The molecule has 0 atom stereocenters. The predicted octanol–water partition coefficient (Wildman–Crippen LogP) is 1.64. The largest absolute Gasteiger partial charge is 0.481 e. The van der Waals surface area contributed by atoms with Gasteiger partial charge in [0.25, 0.3) is 5.91 Å². The Morgan fingerprint density at radius 3 is 2.29 bits per heavy atom. The van der Waals surface area contributed by atoms with E-state index < -0.39 is 5.97 Å². The lowest BCUT2D eigenvalue weighted by molar-refractivity contribution is -0.137. The van der Waals surface area contributed by atoms with E-state index >= 15 is 0 Å². The van der Waals surface area contributed by atoms with Gasteiger partial charge in [0.05, 0.1) is 6.42 Å². The number of piperazine rings is 1. The lowest BCUT2D eigenvalue weighted by Crippen LogP contribution is -2.49.